The molecule has 2 atom stereocenters. The van der Waals surface area contributed by atoms with E-state index in [1.54, 1.807) is 31.2 Å². The quantitative estimate of drug-likeness (QED) is 0.414. The maximum absolute atomic E-state index is 13.2. The van der Waals surface area contributed by atoms with Gasteiger partial charge >= 0.3 is 5.97 Å². The van der Waals surface area contributed by atoms with Crippen LogP contribution in [-0.4, -0.2) is 44.6 Å². The molecule has 8 heteroatoms. The summed E-state index contributed by atoms with van der Waals surface area (Å²) >= 11 is 6.04. The van der Waals surface area contributed by atoms with Crippen molar-refractivity contribution >= 4 is 31.8 Å². The number of carbonyl (C=O) groups is 2. The van der Waals surface area contributed by atoms with Crippen molar-refractivity contribution in [3.63, 3.8) is 0 Å². The summed E-state index contributed by atoms with van der Waals surface area (Å²) in [6.07, 6.45) is -1.20. The van der Waals surface area contributed by atoms with E-state index in [0.717, 1.165) is 18.1 Å². The van der Waals surface area contributed by atoms with Gasteiger partial charge in [-0.2, -0.15) is 0 Å². The van der Waals surface area contributed by atoms with Gasteiger partial charge in [0.2, 0.25) is 5.91 Å². The zero-order chi connectivity index (χ0) is 21.4. The molecule has 0 aromatic heterocycles. The number of hydrogen-bond donors (Lipinski definition) is 2. The average Bonchev–Trinajstić information content (AvgIpc) is 2.69. The Labute approximate surface area is 173 Å². The van der Waals surface area contributed by atoms with Gasteiger partial charge in [-0.3, -0.25) is 4.79 Å². The van der Waals surface area contributed by atoms with Crippen LogP contribution in [0.4, 0.5) is 0 Å². The van der Waals surface area contributed by atoms with Crippen LogP contribution >= 0.6 is 11.6 Å². The monoisotopic (exact) mass is 429 g/mol. The third-order valence-corrected chi connectivity index (χ3v) is 10.0. The number of halogens is 1. The normalized spacial score (nSPS) is 14.8. The number of rotatable bonds is 11. The molecule has 0 spiro atoms. The van der Waals surface area contributed by atoms with Crippen molar-refractivity contribution in [1.29, 1.82) is 0 Å². The molecule has 0 saturated heterocycles. The van der Waals surface area contributed by atoms with Gasteiger partial charge in [-0.25, -0.2) is 4.79 Å². The molecule has 0 heterocycles. The topological polar surface area (TPSA) is 84.9 Å². The fourth-order valence-corrected chi connectivity index (χ4v) is 6.16. The van der Waals surface area contributed by atoms with Gasteiger partial charge in [-0.05, 0) is 49.7 Å². The molecule has 158 valence electrons. The van der Waals surface area contributed by atoms with E-state index in [9.17, 15) is 14.7 Å². The lowest BCUT2D eigenvalue weighted by Crippen LogP contribution is -2.56. The van der Waals surface area contributed by atoms with Crippen LogP contribution in [0.25, 0.3) is 0 Å². The molecule has 0 aliphatic rings. The Hall–Kier alpha value is -1.41. The maximum Gasteiger partial charge on any atom is 0.343 e. The fourth-order valence-electron chi connectivity index (χ4n) is 3.09. The molecule has 28 heavy (non-hydrogen) atoms. The number of carbonyl (C=O) groups excluding carboxylic acids is 2. The highest BCUT2D eigenvalue weighted by molar-refractivity contribution is 6.73. The maximum atomic E-state index is 13.2. The van der Waals surface area contributed by atoms with Gasteiger partial charge in [0.05, 0.1) is 13.2 Å². The molecule has 0 radical (unpaired) electrons. The number of ether oxygens (including phenoxy) is 1. The first-order valence-electron chi connectivity index (χ1n) is 9.79. The smallest absolute Gasteiger partial charge is 0.343 e. The van der Waals surface area contributed by atoms with Crippen molar-refractivity contribution in [3.8, 4) is 0 Å². The molecule has 0 unspecified atom stereocenters. The molecule has 0 saturated carbocycles. The van der Waals surface area contributed by atoms with E-state index >= 15 is 0 Å². The second-order valence-corrected chi connectivity index (χ2v) is 11.9. The first kappa shape index (κ1) is 24.6. The largest absolute Gasteiger partial charge is 0.464 e. The summed E-state index contributed by atoms with van der Waals surface area (Å²) in [5.74, 6) is -1.14. The predicted octanol–water partition coefficient (Wildman–Crippen LogP) is 3.62. The summed E-state index contributed by atoms with van der Waals surface area (Å²) in [4.78, 5) is 25.2. The summed E-state index contributed by atoms with van der Waals surface area (Å²) in [6, 6.07) is 9.24. The van der Waals surface area contributed by atoms with Crippen LogP contribution in [0.15, 0.2) is 24.3 Å². The number of amides is 1. The van der Waals surface area contributed by atoms with E-state index in [1.165, 1.54) is 6.92 Å². The van der Waals surface area contributed by atoms with Crippen LogP contribution in [0.5, 0.6) is 0 Å². The van der Waals surface area contributed by atoms with E-state index in [1.807, 2.05) is 0 Å². The minimum atomic E-state index is -2.29. The van der Waals surface area contributed by atoms with Gasteiger partial charge in [0.1, 0.15) is 6.10 Å². The standard InChI is InChI=1S/C20H32ClNO5Si/c1-6-26-19(25)20(14-22-18(24)15(5)23,16-10-12-17(21)13-11-16)27-28(7-2,8-3)9-4/h10-13,15,23H,6-9,14H2,1-5H3,(H,22,24)/t15-,20+/m0/s1. The fraction of sp³-hybridized carbons (Fsp3) is 0.600. The van der Waals surface area contributed by atoms with Gasteiger partial charge < -0.3 is 19.6 Å². The molecule has 0 fully saturated rings. The highest BCUT2D eigenvalue weighted by Crippen LogP contribution is 2.36. The Kier molecular flexibility index (Phi) is 9.63. The van der Waals surface area contributed by atoms with Crippen LogP contribution < -0.4 is 5.32 Å². The van der Waals surface area contributed by atoms with Gasteiger partial charge in [0.15, 0.2) is 13.9 Å². The third-order valence-electron chi connectivity index (χ3n) is 5.13. The van der Waals surface area contributed by atoms with Crippen LogP contribution in [0.2, 0.25) is 23.2 Å². The van der Waals surface area contributed by atoms with E-state index in [2.05, 4.69) is 26.1 Å². The molecular weight excluding hydrogens is 398 g/mol. The summed E-state index contributed by atoms with van der Waals surface area (Å²) in [6.45, 7) is 9.33. The van der Waals surface area contributed by atoms with E-state index in [-0.39, 0.29) is 13.2 Å². The van der Waals surface area contributed by atoms with Gasteiger partial charge in [-0.15, -0.1) is 0 Å². The number of aliphatic hydroxyl groups excluding tert-OH is 1. The lowest BCUT2D eigenvalue weighted by atomic mass is 9.93. The number of aliphatic hydroxyl groups is 1. The summed E-state index contributed by atoms with van der Waals surface area (Å²) < 4.78 is 12.0. The Morgan fingerprint density at radius 3 is 2.11 bits per heavy atom. The lowest BCUT2D eigenvalue weighted by molar-refractivity contribution is -0.164. The van der Waals surface area contributed by atoms with Gasteiger partial charge in [0, 0.05) is 5.02 Å². The molecule has 0 bridgehead atoms. The minimum Gasteiger partial charge on any atom is -0.464 e. The highest BCUT2D eigenvalue weighted by atomic mass is 35.5. The molecule has 1 amide bonds. The number of esters is 1. The van der Waals surface area contributed by atoms with Crippen molar-refractivity contribution in [1.82, 2.24) is 5.32 Å². The van der Waals surface area contributed by atoms with Crippen LogP contribution in [0.3, 0.4) is 0 Å². The second kappa shape index (κ2) is 10.9. The molecule has 2 N–H and O–H groups in total. The Morgan fingerprint density at radius 2 is 1.68 bits per heavy atom. The first-order chi connectivity index (χ1) is 13.2. The van der Waals surface area contributed by atoms with Crippen LogP contribution in [0, 0.1) is 0 Å². The number of benzene rings is 1. The molecule has 1 rings (SSSR count). The van der Waals surface area contributed by atoms with E-state index in [0.29, 0.717) is 10.6 Å². The molecule has 1 aromatic rings. The first-order valence-corrected chi connectivity index (χ1v) is 12.7. The van der Waals surface area contributed by atoms with Crippen LogP contribution in [-0.2, 0) is 24.4 Å². The Morgan fingerprint density at radius 1 is 1.14 bits per heavy atom. The number of nitrogens with one attached hydrogen (secondary N) is 1. The zero-order valence-electron chi connectivity index (χ0n) is 17.4. The summed E-state index contributed by atoms with van der Waals surface area (Å²) in [5, 5.41) is 12.7. The lowest BCUT2D eigenvalue weighted by Gasteiger charge is -2.41. The summed E-state index contributed by atoms with van der Waals surface area (Å²) in [7, 11) is -2.29. The van der Waals surface area contributed by atoms with Crippen molar-refractivity contribution in [2.24, 2.45) is 0 Å². The minimum absolute atomic E-state index is 0.133. The average molecular weight is 430 g/mol. The van der Waals surface area contributed by atoms with Crippen molar-refractivity contribution < 1.29 is 23.9 Å². The molecule has 0 aliphatic heterocycles. The number of hydrogen-bond acceptors (Lipinski definition) is 5. The zero-order valence-corrected chi connectivity index (χ0v) is 19.1. The second-order valence-electron chi connectivity index (χ2n) is 6.79. The summed E-state index contributed by atoms with van der Waals surface area (Å²) in [5.41, 5.74) is -0.937. The Balaban J connectivity index is 3.53. The van der Waals surface area contributed by atoms with Crippen molar-refractivity contribution in [2.45, 2.75) is 64.5 Å². The SMILES string of the molecule is CCOC(=O)[C@](CNC(=O)[C@H](C)O)(O[Si](CC)(CC)CC)c1ccc(Cl)cc1. The van der Waals surface area contributed by atoms with E-state index in [4.69, 9.17) is 20.8 Å². The predicted molar refractivity (Wildman–Crippen MR) is 113 cm³/mol. The third kappa shape index (κ3) is 5.79. The van der Waals surface area contributed by atoms with Gasteiger partial charge in [-0.1, -0.05) is 44.5 Å². The molecule has 1 aromatic carbocycles. The highest BCUT2D eigenvalue weighted by Gasteiger charge is 2.49. The molecule has 0 aliphatic carbocycles. The molecular formula is C20H32ClNO5Si. The van der Waals surface area contributed by atoms with E-state index < -0.39 is 31.9 Å². The molecule has 6 nitrogen and oxygen atoms in total. The van der Waals surface area contributed by atoms with Crippen molar-refractivity contribution in [2.75, 3.05) is 13.2 Å². The van der Waals surface area contributed by atoms with Crippen LogP contribution in [0.1, 0.15) is 40.2 Å². The van der Waals surface area contributed by atoms with Gasteiger partial charge in [0.25, 0.3) is 0 Å². The Bertz CT molecular complexity index is 640. The van der Waals surface area contributed by atoms with Crippen molar-refractivity contribution in [3.05, 3.63) is 34.9 Å².